The summed E-state index contributed by atoms with van der Waals surface area (Å²) in [5.41, 5.74) is 4.07. The first-order valence-corrected chi connectivity index (χ1v) is 19.2. The van der Waals surface area contributed by atoms with Gasteiger partial charge in [-0.2, -0.15) is 28.2 Å². The van der Waals surface area contributed by atoms with E-state index in [1.807, 2.05) is 19.1 Å². The molecule has 0 unspecified atom stereocenters. The lowest BCUT2D eigenvalue weighted by Crippen LogP contribution is -2.62. The number of carbonyl (C=O) groups is 1. The highest BCUT2D eigenvalue weighted by molar-refractivity contribution is 6.06. The van der Waals surface area contributed by atoms with Crippen LogP contribution in [0.25, 0.3) is 32.9 Å². The van der Waals surface area contributed by atoms with E-state index in [1.165, 1.54) is 4.90 Å². The molecule has 0 atom stereocenters. The molecule has 8 rings (SSSR count). The summed E-state index contributed by atoms with van der Waals surface area (Å²) in [6, 6.07) is 6.04. The van der Waals surface area contributed by atoms with Crippen molar-refractivity contribution in [2.24, 2.45) is 5.41 Å². The smallest absolute Gasteiger partial charge is 0.422 e. The number of hydrogen-bond donors (Lipinski definition) is 1. The molecule has 4 aromatic rings. The van der Waals surface area contributed by atoms with Crippen molar-refractivity contribution in [2.75, 3.05) is 57.3 Å². The van der Waals surface area contributed by atoms with Crippen LogP contribution in [-0.2, 0) is 4.79 Å². The van der Waals surface area contributed by atoms with Crippen LogP contribution in [0.15, 0.2) is 36.8 Å². The topological polar surface area (TPSA) is 99.7 Å². The Morgan fingerprint density at radius 3 is 2.44 bits per heavy atom. The van der Waals surface area contributed by atoms with Gasteiger partial charge in [0, 0.05) is 61.0 Å². The van der Waals surface area contributed by atoms with Gasteiger partial charge in [0.25, 0.3) is 5.91 Å². The Balaban J connectivity index is 1.23. The fraction of sp³-hybridized carbons (Fsp3) is 0.550. The molecule has 0 radical (unpaired) electrons. The van der Waals surface area contributed by atoms with Gasteiger partial charge in [-0.25, -0.2) is 4.39 Å². The number of amides is 1. The van der Waals surface area contributed by atoms with Crippen molar-refractivity contribution in [3.8, 4) is 22.9 Å². The standard InChI is InChI=1S/C40H47F4N7O3/c1-4-5-14-49-15-10-27(11-16-49)54-38-46-34-29(36(47-38)50-17-12-39(13-18-50)21-51(22-39)37(52)25(3)41)19-28(26-7-8-26)33(35(34)53-23-40(42,43)44)32-24(2)6-9-31-30(32)20-45-48-31/h6,9,19-20,26-27H,3-5,7-8,10-18,21-23H2,1-2H3,(H,45,48). The van der Waals surface area contributed by atoms with Gasteiger partial charge in [0.05, 0.1) is 11.7 Å². The number of alkyl halides is 3. The number of benzene rings is 2. The highest BCUT2D eigenvalue weighted by Crippen LogP contribution is 2.53. The Kier molecular flexibility index (Phi) is 9.68. The normalized spacial score (nSPS) is 19.4. The van der Waals surface area contributed by atoms with Crippen LogP contribution in [0.4, 0.5) is 23.4 Å². The first-order valence-electron chi connectivity index (χ1n) is 19.2. The van der Waals surface area contributed by atoms with E-state index in [2.05, 4.69) is 39.6 Å². The Hall–Kier alpha value is -4.46. The highest BCUT2D eigenvalue weighted by atomic mass is 19.4. The lowest BCUT2D eigenvalue weighted by molar-refractivity contribution is -0.153. The van der Waals surface area contributed by atoms with Crippen LogP contribution < -0.4 is 14.4 Å². The Morgan fingerprint density at radius 2 is 1.78 bits per heavy atom. The number of anilines is 1. The fourth-order valence-electron chi connectivity index (χ4n) is 8.61. The lowest BCUT2D eigenvalue weighted by Gasteiger charge is -2.54. The second-order valence-electron chi connectivity index (χ2n) is 15.7. The average Bonchev–Trinajstić information content (AvgIpc) is 3.87. The molecule has 1 saturated carbocycles. The van der Waals surface area contributed by atoms with E-state index in [4.69, 9.17) is 19.4 Å². The zero-order chi connectivity index (χ0) is 37.8. The summed E-state index contributed by atoms with van der Waals surface area (Å²) in [5, 5.41) is 8.70. The monoisotopic (exact) mass is 749 g/mol. The molecule has 54 heavy (non-hydrogen) atoms. The van der Waals surface area contributed by atoms with Crippen molar-refractivity contribution in [3.05, 3.63) is 47.9 Å². The number of halogens is 4. The first-order chi connectivity index (χ1) is 25.9. The SMILES string of the molecule is C=C(F)C(=O)N1CC2(CCN(c3nc(OC4CCN(CCCC)CC4)nc4c(OCC(F)(F)F)c(-c5c(C)ccc6[nH]ncc56)c(C5CC5)cc34)CC2)C1. The van der Waals surface area contributed by atoms with Crippen LogP contribution in [0.5, 0.6) is 11.8 Å². The summed E-state index contributed by atoms with van der Waals surface area (Å²) < 4.78 is 68.3. The van der Waals surface area contributed by atoms with Crippen molar-refractivity contribution < 1.29 is 31.8 Å². The summed E-state index contributed by atoms with van der Waals surface area (Å²) in [5.74, 6) is -0.826. The van der Waals surface area contributed by atoms with Crippen LogP contribution in [0.3, 0.4) is 0 Å². The number of hydrogen-bond acceptors (Lipinski definition) is 8. The molecule has 288 valence electrons. The molecule has 4 aliphatic rings. The van der Waals surface area contributed by atoms with Gasteiger partial charge in [-0.05, 0) is 93.2 Å². The molecule has 5 heterocycles. The number of aryl methyl sites for hydroxylation is 1. The van der Waals surface area contributed by atoms with E-state index >= 15 is 0 Å². The zero-order valence-corrected chi connectivity index (χ0v) is 30.9. The fourth-order valence-corrected chi connectivity index (χ4v) is 8.61. The summed E-state index contributed by atoms with van der Waals surface area (Å²) in [6.07, 6.45) is 4.09. The molecule has 3 aliphatic heterocycles. The minimum Gasteiger partial charge on any atom is -0.481 e. The number of nitrogens with one attached hydrogen (secondary N) is 1. The van der Waals surface area contributed by atoms with Gasteiger partial charge in [0.1, 0.15) is 17.4 Å². The number of H-pyrrole nitrogens is 1. The van der Waals surface area contributed by atoms with Crippen molar-refractivity contribution in [3.63, 3.8) is 0 Å². The van der Waals surface area contributed by atoms with Crippen LogP contribution in [0.2, 0.25) is 0 Å². The first kappa shape index (κ1) is 36.5. The number of piperidine rings is 2. The van der Waals surface area contributed by atoms with Gasteiger partial charge < -0.3 is 24.2 Å². The van der Waals surface area contributed by atoms with Crippen LogP contribution >= 0.6 is 0 Å². The second kappa shape index (κ2) is 14.3. The molecule has 10 nitrogen and oxygen atoms in total. The molecule has 14 heteroatoms. The lowest BCUT2D eigenvalue weighted by atomic mass is 9.72. The predicted octanol–water partition coefficient (Wildman–Crippen LogP) is 7.86. The van der Waals surface area contributed by atoms with Gasteiger partial charge in [-0.15, -0.1) is 0 Å². The van der Waals surface area contributed by atoms with Gasteiger partial charge in [0.15, 0.2) is 18.2 Å². The highest BCUT2D eigenvalue weighted by Gasteiger charge is 2.47. The number of ether oxygens (including phenoxy) is 2. The van der Waals surface area contributed by atoms with Crippen molar-refractivity contribution in [2.45, 2.75) is 83.4 Å². The van der Waals surface area contributed by atoms with E-state index in [0.29, 0.717) is 42.9 Å². The minimum absolute atomic E-state index is 0.0690. The van der Waals surface area contributed by atoms with E-state index in [-0.39, 0.29) is 34.7 Å². The molecule has 2 aromatic heterocycles. The number of fused-ring (bicyclic) bond motifs is 2. The Bertz CT molecular complexity index is 2060. The van der Waals surface area contributed by atoms with Crippen molar-refractivity contribution in [1.29, 1.82) is 0 Å². The molecular weight excluding hydrogens is 702 g/mol. The molecule has 1 spiro atoms. The third kappa shape index (κ3) is 7.21. The third-order valence-corrected chi connectivity index (χ3v) is 11.7. The van der Waals surface area contributed by atoms with Crippen molar-refractivity contribution in [1.82, 2.24) is 30.0 Å². The van der Waals surface area contributed by atoms with Gasteiger partial charge in [0.2, 0.25) is 0 Å². The van der Waals surface area contributed by atoms with Crippen LogP contribution in [-0.4, -0.2) is 101 Å². The third-order valence-electron chi connectivity index (χ3n) is 11.7. The predicted molar refractivity (Wildman–Crippen MR) is 199 cm³/mol. The molecular formula is C40H47F4N7O3. The zero-order valence-electron chi connectivity index (χ0n) is 30.9. The minimum atomic E-state index is -4.59. The number of carbonyl (C=O) groups excluding carboxylic acids is 1. The Labute approximate surface area is 311 Å². The van der Waals surface area contributed by atoms with E-state index in [1.54, 1.807) is 6.20 Å². The number of rotatable bonds is 11. The summed E-state index contributed by atoms with van der Waals surface area (Å²) in [7, 11) is 0. The maximum atomic E-state index is 14.1. The quantitative estimate of drug-likeness (QED) is 0.122. The van der Waals surface area contributed by atoms with Crippen molar-refractivity contribution >= 4 is 33.5 Å². The second-order valence-corrected chi connectivity index (χ2v) is 15.7. The average molecular weight is 750 g/mol. The summed E-state index contributed by atoms with van der Waals surface area (Å²) in [4.78, 5) is 28.3. The van der Waals surface area contributed by atoms with E-state index in [9.17, 15) is 22.4 Å². The maximum absolute atomic E-state index is 14.1. The summed E-state index contributed by atoms with van der Waals surface area (Å²) in [6.45, 7) is 10.7. The molecule has 0 bridgehead atoms. The number of aromatic amines is 1. The number of nitrogens with zero attached hydrogens (tertiary/aromatic N) is 6. The number of aromatic nitrogens is 4. The molecule has 1 amide bonds. The molecule has 2 aromatic carbocycles. The maximum Gasteiger partial charge on any atom is 0.422 e. The number of unbranched alkanes of at least 4 members (excludes halogenated alkanes) is 1. The largest absolute Gasteiger partial charge is 0.481 e. The summed E-state index contributed by atoms with van der Waals surface area (Å²) >= 11 is 0. The van der Waals surface area contributed by atoms with E-state index < -0.39 is 24.5 Å². The van der Waals surface area contributed by atoms with Gasteiger partial charge in [-0.1, -0.05) is 26.0 Å². The van der Waals surface area contributed by atoms with Gasteiger partial charge >= 0.3 is 12.2 Å². The number of likely N-dealkylation sites (tertiary alicyclic amines) is 2. The van der Waals surface area contributed by atoms with Crippen LogP contribution in [0.1, 0.15) is 75.3 Å². The van der Waals surface area contributed by atoms with E-state index in [0.717, 1.165) is 98.6 Å². The molecule has 1 N–H and O–H groups in total. The van der Waals surface area contributed by atoms with Crippen LogP contribution in [0, 0.1) is 12.3 Å². The molecule has 4 fully saturated rings. The molecule has 3 saturated heterocycles. The van der Waals surface area contributed by atoms with Gasteiger partial charge in [-0.3, -0.25) is 9.89 Å². The molecule has 1 aliphatic carbocycles. The Morgan fingerprint density at radius 1 is 1.04 bits per heavy atom.